The van der Waals surface area contributed by atoms with Crippen LogP contribution in [0.25, 0.3) is 0 Å². The van der Waals surface area contributed by atoms with E-state index in [0.717, 1.165) is 38.5 Å². The van der Waals surface area contributed by atoms with Gasteiger partial charge in [-0.2, -0.15) is 0 Å². The van der Waals surface area contributed by atoms with E-state index in [1.807, 2.05) is 0 Å². The second-order valence-electron chi connectivity index (χ2n) is 19.9. The third kappa shape index (κ3) is 4.71. The van der Waals surface area contributed by atoms with Crippen LogP contribution in [0.2, 0.25) is 0 Å². The summed E-state index contributed by atoms with van der Waals surface area (Å²) in [7, 11) is 0. The summed E-state index contributed by atoms with van der Waals surface area (Å²) < 4.78 is 32.6. The molecule has 7 aliphatic rings. The number of carbonyl (C=O) groups excluding carboxylic acids is 3. The predicted octanol–water partition coefficient (Wildman–Crippen LogP) is 5.97. The van der Waals surface area contributed by atoms with Crippen LogP contribution in [0.3, 0.4) is 0 Å². The zero-order valence-electron chi connectivity index (χ0n) is 32.3. The van der Waals surface area contributed by atoms with Crippen molar-refractivity contribution in [3.05, 3.63) is 0 Å². The summed E-state index contributed by atoms with van der Waals surface area (Å²) in [6.07, 6.45) is 5.27. The Hall–Kier alpha value is -2.24. The van der Waals surface area contributed by atoms with Crippen molar-refractivity contribution in [2.45, 2.75) is 169 Å². The summed E-state index contributed by atoms with van der Waals surface area (Å²) in [5, 5.41) is 21.1. The Bertz CT molecular complexity index is 1530. The lowest BCUT2D eigenvalue weighted by Crippen LogP contribution is -2.63. The first-order valence-corrected chi connectivity index (χ1v) is 19.2. The van der Waals surface area contributed by atoms with Crippen molar-refractivity contribution in [1.82, 2.24) is 0 Å². The fourth-order valence-electron chi connectivity index (χ4n) is 14.0. The quantitative estimate of drug-likeness (QED) is 0.237. The van der Waals surface area contributed by atoms with Gasteiger partial charge in [-0.15, -0.1) is 0 Å². The number of aliphatic hydroxyl groups is 1. The van der Waals surface area contributed by atoms with Crippen molar-refractivity contribution >= 4 is 23.9 Å². The molecule has 2 aliphatic heterocycles. The maximum atomic E-state index is 13.1. The third-order valence-corrected chi connectivity index (χ3v) is 16.3. The van der Waals surface area contributed by atoms with Crippen LogP contribution in [-0.2, 0) is 42.9 Å². The molecule has 2 saturated heterocycles. The number of rotatable bonds is 7. The highest BCUT2D eigenvalue weighted by Crippen LogP contribution is 2.90. The molecular weight excluding hydrogens is 656 g/mol. The van der Waals surface area contributed by atoms with E-state index in [2.05, 4.69) is 27.7 Å². The lowest BCUT2D eigenvalue weighted by molar-refractivity contribution is -0.316. The lowest BCUT2D eigenvalue weighted by Gasteiger charge is -2.64. The maximum Gasteiger partial charge on any atom is 0.309 e. The Morgan fingerprint density at radius 2 is 1.39 bits per heavy atom. The Labute approximate surface area is 302 Å². The molecule has 51 heavy (non-hydrogen) atoms. The Kier molecular flexibility index (Phi) is 7.95. The van der Waals surface area contributed by atoms with E-state index in [0.29, 0.717) is 25.9 Å². The minimum Gasteiger partial charge on any atom is -0.481 e. The van der Waals surface area contributed by atoms with E-state index < -0.39 is 69.3 Å². The molecule has 0 radical (unpaired) electrons. The topological polar surface area (TPSA) is 155 Å². The molecule has 2 heterocycles. The minimum atomic E-state index is -1.28. The van der Waals surface area contributed by atoms with Crippen molar-refractivity contribution < 1.29 is 53.1 Å². The maximum absolute atomic E-state index is 13.1. The Morgan fingerprint density at radius 3 is 2.00 bits per heavy atom. The molecule has 5 aliphatic carbocycles. The number of carbonyl (C=O) groups is 4. The van der Waals surface area contributed by atoms with E-state index in [-0.39, 0.29) is 46.5 Å². The van der Waals surface area contributed by atoms with Crippen molar-refractivity contribution in [2.24, 2.45) is 50.2 Å². The number of ether oxygens (including phenoxy) is 5. The molecule has 7 fully saturated rings. The van der Waals surface area contributed by atoms with Gasteiger partial charge in [-0.1, -0.05) is 20.8 Å². The van der Waals surface area contributed by atoms with E-state index in [9.17, 15) is 29.4 Å². The third-order valence-electron chi connectivity index (χ3n) is 16.3. The zero-order valence-corrected chi connectivity index (χ0v) is 32.3. The zero-order chi connectivity index (χ0) is 37.6. The Balaban J connectivity index is 1.27. The molecule has 286 valence electrons. The summed E-state index contributed by atoms with van der Waals surface area (Å²) in [5.41, 5.74) is -4.86. The first-order valence-electron chi connectivity index (χ1n) is 19.2. The van der Waals surface area contributed by atoms with E-state index in [1.54, 1.807) is 27.7 Å². The van der Waals surface area contributed by atoms with Crippen molar-refractivity contribution in [1.29, 1.82) is 0 Å². The molecule has 0 aromatic rings. The van der Waals surface area contributed by atoms with Gasteiger partial charge in [0.05, 0.1) is 24.0 Å². The molecule has 2 N–H and O–H groups in total. The van der Waals surface area contributed by atoms with Crippen molar-refractivity contribution in [2.75, 3.05) is 6.61 Å². The van der Waals surface area contributed by atoms with Crippen LogP contribution in [0.5, 0.6) is 0 Å². The molecule has 11 nitrogen and oxygen atoms in total. The first-order chi connectivity index (χ1) is 23.4. The number of carboxylic acids is 1. The van der Waals surface area contributed by atoms with Gasteiger partial charge in [0.15, 0.2) is 5.79 Å². The van der Waals surface area contributed by atoms with Gasteiger partial charge in [-0.05, 0) is 109 Å². The summed E-state index contributed by atoms with van der Waals surface area (Å²) in [5.74, 6) is -3.47. The molecule has 3 spiro atoms. The van der Waals surface area contributed by atoms with Gasteiger partial charge in [0.1, 0.15) is 23.9 Å². The first kappa shape index (κ1) is 37.1. The second-order valence-corrected chi connectivity index (χ2v) is 19.9. The van der Waals surface area contributed by atoms with Crippen LogP contribution in [-0.4, -0.2) is 76.0 Å². The van der Waals surface area contributed by atoms with Gasteiger partial charge in [0.2, 0.25) is 0 Å². The molecule has 7 rings (SSSR count). The number of esters is 3. The number of aliphatic carboxylic acids is 1. The highest BCUT2D eigenvalue weighted by Gasteiger charge is 2.88. The average Bonchev–Trinajstić information content (AvgIpc) is 3.48. The molecular formula is C40H60O11. The number of carboxylic acid groups (broad SMARTS) is 1. The van der Waals surface area contributed by atoms with Crippen LogP contribution in [0.15, 0.2) is 0 Å². The number of fused-ring (bicyclic) bond motifs is 4. The van der Waals surface area contributed by atoms with E-state index >= 15 is 0 Å². The SMILES string of the molecule is CC(=O)OC1C(OC(C)=O)[C@@]2(C)C3CCC4C(C)(C)C(OC(=O)CC(C)(C)C(=O)O)CC[C@@]45C[C@@]35CC[C@@]23CO[C@@]2(C(C)(C)O)CCC(C)(O2)[C@@H]13. The lowest BCUT2D eigenvalue weighted by atomic mass is 9.41. The molecule has 5 saturated carbocycles. The molecule has 6 unspecified atom stereocenters. The monoisotopic (exact) mass is 716 g/mol. The van der Waals surface area contributed by atoms with Crippen LogP contribution in [0, 0.1) is 50.2 Å². The van der Waals surface area contributed by atoms with Gasteiger partial charge < -0.3 is 33.9 Å². The molecule has 11 heteroatoms. The van der Waals surface area contributed by atoms with Crippen LogP contribution >= 0.6 is 0 Å². The fourth-order valence-corrected chi connectivity index (χ4v) is 14.0. The van der Waals surface area contributed by atoms with E-state index in [4.69, 9.17) is 23.7 Å². The molecule has 0 aromatic heterocycles. The smallest absolute Gasteiger partial charge is 0.309 e. The average molecular weight is 717 g/mol. The molecule has 0 amide bonds. The summed E-state index contributed by atoms with van der Waals surface area (Å²) >= 11 is 0. The van der Waals surface area contributed by atoms with Crippen LogP contribution in [0.4, 0.5) is 0 Å². The summed E-state index contributed by atoms with van der Waals surface area (Å²) in [4.78, 5) is 50.8. The fraction of sp³-hybridized carbons (Fsp3) is 0.900. The van der Waals surface area contributed by atoms with Crippen LogP contribution < -0.4 is 0 Å². The van der Waals surface area contributed by atoms with Gasteiger partial charge in [-0.3, -0.25) is 19.2 Å². The van der Waals surface area contributed by atoms with Crippen molar-refractivity contribution in [3.63, 3.8) is 0 Å². The van der Waals surface area contributed by atoms with Gasteiger partial charge in [0, 0.05) is 42.4 Å². The minimum absolute atomic E-state index is 0.0162. The highest BCUT2D eigenvalue weighted by molar-refractivity contribution is 5.81. The second kappa shape index (κ2) is 10.9. The van der Waals surface area contributed by atoms with Gasteiger partial charge >= 0.3 is 23.9 Å². The molecule has 12 atom stereocenters. The predicted molar refractivity (Wildman–Crippen MR) is 183 cm³/mol. The number of hydrogen-bond acceptors (Lipinski definition) is 10. The molecule has 2 bridgehead atoms. The molecule has 0 aromatic carbocycles. The Morgan fingerprint density at radius 1 is 0.784 bits per heavy atom. The van der Waals surface area contributed by atoms with Crippen molar-refractivity contribution in [3.8, 4) is 0 Å². The van der Waals surface area contributed by atoms with Gasteiger partial charge in [-0.25, -0.2) is 0 Å². The number of hydrogen-bond donors (Lipinski definition) is 2. The summed E-state index contributed by atoms with van der Waals surface area (Å²) in [6, 6.07) is 0. The largest absolute Gasteiger partial charge is 0.481 e. The van der Waals surface area contributed by atoms with Crippen LogP contribution in [0.1, 0.15) is 133 Å². The van der Waals surface area contributed by atoms with Gasteiger partial charge in [0.25, 0.3) is 0 Å². The van der Waals surface area contributed by atoms with E-state index in [1.165, 1.54) is 13.8 Å². The standard InChI is InChI=1S/C40H60O11/c1-22(41)48-28-29-35(9)15-18-40(51-35,34(7,8)46)47-21-39(29)17-16-38-20-37(38)14-13-26(50-27(43)19-32(3,4)31(44)45)33(5,6)24(37)11-12-25(38)36(39,10)30(28)49-23(2)42/h24-26,28-30,46H,11-21H2,1-10H3,(H,44,45)/t24?,25?,26?,28?,29-,30?,35?,36-,37-,38+,39+,40+/m1/s1. The summed E-state index contributed by atoms with van der Waals surface area (Å²) in [6.45, 7) is 18.4. The highest BCUT2D eigenvalue weighted by atomic mass is 16.7. The normalized spacial score (nSPS) is 47.7.